The zero-order valence-corrected chi connectivity index (χ0v) is 13.3. The van der Waals surface area contributed by atoms with Crippen LogP contribution in [-0.4, -0.2) is 9.55 Å². The van der Waals surface area contributed by atoms with E-state index in [1.54, 1.807) is 0 Å². The number of nitrogens with zero attached hydrogens (tertiary/aromatic N) is 2. The highest BCUT2D eigenvalue weighted by atomic mass is 15.1. The zero-order valence-electron chi connectivity index (χ0n) is 13.3. The average molecular weight is 285 g/mol. The largest absolute Gasteiger partial charge is 0.326 e. The van der Waals surface area contributed by atoms with E-state index in [-0.39, 0.29) is 0 Å². The van der Waals surface area contributed by atoms with E-state index in [9.17, 15) is 0 Å². The molecular weight excluding hydrogens is 258 g/mol. The van der Waals surface area contributed by atoms with Gasteiger partial charge in [0.25, 0.3) is 0 Å². The van der Waals surface area contributed by atoms with Gasteiger partial charge in [-0.2, -0.15) is 0 Å². The van der Waals surface area contributed by atoms with Gasteiger partial charge in [0.1, 0.15) is 5.82 Å². The van der Waals surface area contributed by atoms with Crippen LogP contribution in [0.5, 0.6) is 0 Å². The smallest absolute Gasteiger partial charge is 0.110 e. The van der Waals surface area contributed by atoms with Crippen LogP contribution >= 0.6 is 0 Å². The van der Waals surface area contributed by atoms with Gasteiger partial charge in [0.05, 0.1) is 11.0 Å². The molecule has 1 fully saturated rings. The van der Waals surface area contributed by atoms with Crippen LogP contribution in [0, 0.1) is 5.92 Å². The lowest BCUT2D eigenvalue weighted by Gasteiger charge is -2.22. The fraction of sp³-hybridized carbons (Fsp3) is 0.611. The van der Waals surface area contributed by atoms with Crippen molar-refractivity contribution in [3.63, 3.8) is 0 Å². The number of nitrogens with two attached hydrogens (primary N) is 1. The molecule has 0 atom stereocenters. The zero-order chi connectivity index (χ0) is 14.8. The van der Waals surface area contributed by atoms with E-state index in [0.717, 1.165) is 17.9 Å². The molecule has 3 heteroatoms. The second-order valence-corrected chi connectivity index (χ2v) is 6.73. The fourth-order valence-corrected chi connectivity index (χ4v) is 3.69. The highest BCUT2D eigenvalue weighted by Gasteiger charge is 2.19. The highest BCUT2D eigenvalue weighted by Crippen LogP contribution is 2.29. The molecule has 1 heterocycles. The number of benzene rings is 1. The second-order valence-electron chi connectivity index (χ2n) is 6.73. The molecule has 0 spiro atoms. The molecule has 2 aromatic rings. The maximum atomic E-state index is 5.76. The van der Waals surface area contributed by atoms with Crippen molar-refractivity contribution in [1.82, 2.24) is 9.55 Å². The van der Waals surface area contributed by atoms with E-state index in [1.165, 1.54) is 49.0 Å². The third kappa shape index (κ3) is 2.98. The Balaban J connectivity index is 1.97. The molecule has 1 aromatic carbocycles. The number of aromatic nitrogens is 2. The van der Waals surface area contributed by atoms with Crippen molar-refractivity contribution in [2.75, 3.05) is 0 Å². The van der Waals surface area contributed by atoms with Crippen molar-refractivity contribution in [3.8, 4) is 0 Å². The first-order valence-electron chi connectivity index (χ1n) is 8.39. The first kappa shape index (κ1) is 14.6. The quantitative estimate of drug-likeness (QED) is 0.915. The van der Waals surface area contributed by atoms with E-state index >= 15 is 0 Å². The molecule has 0 radical (unpaired) electrons. The molecule has 0 bridgehead atoms. The molecule has 3 rings (SSSR count). The summed E-state index contributed by atoms with van der Waals surface area (Å²) in [5.41, 5.74) is 9.29. The van der Waals surface area contributed by atoms with Crippen LogP contribution in [0.15, 0.2) is 18.2 Å². The Kier molecular flexibility index (Phi) is 4.29. The molecule has 0 amide bonds. The van der Waals surface area contributed by atoms with E-state index in [0.29, 0.717) is 12.6 Å². The van der Waals surface area contributed by atoms with Gasteiger partial charge in [0, 0.05) is 19.0 Å². The van der Waals surface area contributed by atoms with E-state index in [1.807, 2.05) is 0 Å². The lowest BCUT2D eigenvalue weighted by atomic mass is 9.87. The van der Waals surface area contributed by atoms with Crippen LogP contribution in [0.1, 0.15) is 63.4 Å². The summed E-state index contributed by atoms with van der Waals surface area (Å²) in [6.07, 6.45) is 8.07. The maximum Gasteiger partial charge on any atom is 0.110 e. The first-order chi connectivity index (χ1) is 10.2. The van der Waals surface area contributed by atoms with Crippen LogP contribution in [-0.2, 0) is 13.0 Å². The van der Waals surface area contributed by atoms with Crippen molar-refractivity contribution in [2.45, 2.75) is 65.0 Å². The van der Waals surface area contributed by atoms with Crippen LogP contribution in [0.3, 0.4) is 0 Å². The van der Waals surface area contributed by atoms with Gasteiger partial charge < -0.3 is 10.3 Å². The predicted molar refractivity (Wildman–Crippen MR) is 88.3 cm³/mol. The normalized spacial score (nSPS) is 17.0. The molecule has 1 saturated carbocycles. The number of imidazole rings is 1. The van der Waals surface area contributed by atoms with Gasteiger partial charge in [-0.3, -0.25) is 0 Å². The average Bonchev–Trinajstić information content (AvgIpc) is 2.85. The summed E-state index contributed by atoms with van der Waals surface area (Å²) in [5, 5.41) is 0. The summed E-state index contributed by atoms with van der Waals surface area (Å²) in [7, 11) is 0. The summed E-state index contributed by atoms with van der Waals surface area (Å²) in [6, 6.07) is 6.93. The first-order valence-corrected chi connectivity index (χ1v) is 8.39. The van der Waals surface area contributed by atoms with Crippen LogP contribution < -0.4 is 5.73 Å². The monoisotopic (exact) mass is 285 g/mol. The third-order valence-corrected chi connectivity index (χ3v) is 4.78. The third-order valence-electron chi connectivity index (χ3n) is 4.78. The minimum atomic E-state index is 0.456. The second kappa shape index (κ2) is 6.18. The van der Waals surface area contributed by atoms with Gasteiger partial charge in [0.15, 0.2) is 0 Å². The van der Waals surface area contributed by atoms with Crippen molar-refractivity contribution in [2.24, 2.45) is 11.7 Å². The minimum Gasteiger partial charge on any atom is -0.326 e. The van der Waals surface area contributed by atoms with Crippen molar-refractivity contribution in [1.29, 1.82) is 0 Å². The molecule has 0 aliphatic heterocycles. The molecule has 2 N–H and O–H groups in total. The topological polar surface area (TPSA) is 43.8 Å². The highest BCUT2D eigenvalue weighted by molar-refractivity contribution is 5.77. The Bertz CT molecular complexity index is 606. The van der Waals surface area contributed by atoms with E-state index < -0.39 is 0 Å². The number of fused-ring (bicyclic) bond motifs is 1. The number of hydrogen-bond acceptors (Lipinski definition) is 2. The number of rotatable bonds is 4. The van der Waals surface area contributed by atoms with E-state index in [4.69, 9.17) is 10.7 Å². The predicted octanol–water partition coefficient (Wildman–Crippen LogP) is 4.20. The van der Waals surface area contributed by atoms with E-state index in [2.05, 4.69) is 36.6 Å². The Hall–Kier alpha value is -1.35. The molecule has 1 aliphatic carbocycles. The van der Waals surface area contributed by atoms with Gasteiger partial charge in [-0.15, -0.1) is 0 Å². The molecular formula is C18H27N3. The minimum absolute atomic E-state index is 0.456. The van der Waals surface area contributed by atoms with Crippen LogP contribution in [0.4, 0.5) is 0 Å². The Labute approximate surface area is 127 Å². The summed E-state index contributed by atoms with van der Waals surface area (Å²) < 4.78 is 2.42. The Morgan fingerprint density at radius 1 is 1.24 bits per heavy atom. The van der Waals surface area contributed by atoms with Gasteiger partial charge in [0.2, 0.25) is 0 Å². The lowest BCUT2D eigenvalue weighted by molar-refractivity contribution is 0.346. The molecule has 21 heavy (non-hydrogen) atoms. The summed E-state index contributed by atoms with van der Waals surface area (Å²) in [6.45, 7) is 5.09. The number of hydrogen-bond donors (Lipinski definition) is 1. The molecule has 1 aliphatic rings. The fourth-order valence-electron chi connectivity index (χ4n) is 3.69. The van der Waals surface area contributed by atoms with Crippen LogP contribution in [0.2, 0.25) is 0 Å². The van der Waals surface area contributed by atoms with Gasteiger partial charge >= 0.3 is 0 Å². The van der Waals surface area contributed by atoms with Gasteiger partial charge in [-0.05, 0) is 37.5 Å². The van der Waals surface area contributed by atoms with Gasteiger partial charge in [-0.1, -0.05) is 38.2 Å². The Morgan fingerprint density at radius 2 is 2.00 bits per heavy atom. The molecule has 0 unspecified atom stereocenters. The maximum absolute atomic E-state index is 5.76. The molecule has 114 valence electrons. The van der Waals surface area contributed by atoms with Crippen molar-refractivity contribution < 1.29 is 0 Å². The summed E-state index contributed by atoms with van der Waals surface area (Å²) in [4.78, 5) is 4.94. The molecule has 1 aromatic heterocycles. The molecule has 3 nitrogen and oxygen atoms in total. The van der Waals surface area contributed by atoms with Crippen molar-refractivity contribution in [3.05, 3.63) is 29.6 Å². The SMILES string of the molecule is CC(C)n1c(CC2CCCCC2)nc2cc(CN)ccc21. The standard InChI is InChI=1S/C18H27N3/c1-13(2)21-17-9-8-15(12-19)10-16(17)20-18(21)11-14-6-4-3-5-7-14/h8-10,13-14H,3-7,11-12,19H2,1-2H3. The summed E-state index contributed by atoms with van der Waals surface area (Å²) >= 11 is 0. The van der Waals surface area contributed by atoms with Gasteiger partial charge in [-0.25, -0.2) is 4.98 Å². The lowest BCUT2D eigenvalue weighted by Crippen LogP contribution is -2.14. The molecule has 0 saturated heterocycles. The Morgan fingerprint density at radius 3 is 2.67 bits per heavy atom. The van der Waals surface area contributed by atoms with Crippen molar-refractivity contribution >= 4 is 11.0 Å². The van der Waals surface area contributed by atoms with Crippen LogP contribution in [0.25, 0.3) is 11.0 Å². The summed E-state index contributed by atoms with van der Waals surface area (Å²) in [5.74, 6) is 2.09.